The summed E-state index contributed by atoms with van der Waals surface area (Å²) in [6.07, 6.45) is 0. The van der Waals surface area contributed by atoms with Crippen LogP contribution in [0, 0.1) is 0 Å². The van der Waals surface area contributed by atoms with Gasteiger partial charge in [0.05, 0.1) is 35.9 Å². The first-order valence-electron chi connectivity index (χ1n) is 9.90. The van der Waals surface area contributed by atoms with Crippen molar-refractivity contribution in [3.8, 4) is 11.5 Å². The third-order valence-electron chi connectivity index (χ3n) is 5.39. The van der Waals surface area contributed by atoms with Gasteiger partial charge in [0.2, 0.25) is 0 Å². The summed E-state index contributed by atoms with van der Waals surface area (Å²) in [6, 6.07) is 17.7. The molecule has 1 aliphatic heterocycles. The van der Waals surface area contributed by atoms with E-state index in [1.54, 1.807) is 48.5 Å². The molecule has 1 amide bonds. The number of Topliss-reactive ketones (excluding diaryl/α,β-unsaturated/α-hetero) is 1. The Kier molecular flexibility index (Phi) is 6.31. The molecule has 1 saturated heterocycles. The largest absolute Gasteiger partial charge is 0.507 e. The van der Waals surface area contributed by atoms with Crippen LogP contribution in [0.3, 0.4) is 0 Å². The fraction of sp³-hybridized carbons (Fsp3) is 0.120. The molecule has 0 spiro atoms. The minimum atomic E-state index is -0.862. The van der Waals surface area contributed by atoms with Gasteiger partial charge in [-0.2, -0.15) is 0 Å². The molecule has 0 saturated carbocycles. The Morgan fingerprint density at radius 1 is 0.909 bits per heavy atom. The van der Waals surface area contributed by atoms with Crippen molar-refractivity contribution in [3.05, 3.63) is 93.5 Å². The van der Waals surface area contributed by atoms with Crippen LogP contribution in [-0.4, -0.2) is 31.0 Å². The lowest BCUT2D eigenvalue weighted by Gasteiger charge is -2.25. The summed E-state index contributed by atoms with van der Waals surface area (Å²) in [5.74, 6) is -1.12. The number of ether oxygens (including phenoxy) is 2. The minimum Gasteiger partial charge on any atom is -0.507 e. The number of hydrogen-bond acceptors (Lipinski definition) is 5. The second-order valence-electron chi connectivity index (χ2n) is 7.25. The predicted molar refractivity (Wildman–Crippen MR) is 127 cm³/mol. The zero-order valence-electron chi connectivity index (χ0n) is 17.7. The van der Waals surface area contributed by atoms with E-state index in [1.807, 2.05) is 6.07 Å². The fourth-order valence-corrected chi connectivity index (χ4v) is 4.48. The normalized spacial score (nSPS) is 17.3. The molecule has 33 heavy (non-hydrogen) atoms. The van der Waals surface area contributed by atoms with Gasteiger partial charge in [-0.1, -0.05) is 53.5 Å². The maximum absolute atomic E-state index is 13.2. The number of rotatable bonds is 5. The topological polar surface area (TPSA) is 76.1 Å². The molecule has 3 aromatic carbocycles. The van der Waals surface area contributed by atoms with E-state index in [-0.39, 0.29) is 32.7 Å². The van der Waals surface area contributed by atoms with Crippen LogP contribution in [-0.2, 0) is 9.59 Å². The van der Waals surface area contributed by atoms with Gasteiger partial charge in [0.25, 0.3) is 11.7 Å². The smallest absolute Gasteiger partial charge is 0.300 e. The first kappa shape index (κ1) is 22.7. The third kappa shape index (κ3) is 4.03. The highest BCUT2D eigenvalue weighted by Gasteiger charge is 2.47. The molecule has 0 aliphatic carbocycles. The van der Waals surface area contributed by atoms with Gasteiger partial charge in [-0.15, -0.1) is 0 Å². The summed E-state index contributed by atoms with van der Waals surface area (Å²) < 4.78 is 10.4. The molecule has 0 aromatic heterocycles. The Morgan fingerprint density at radius 3 is 2.06 bits per heavy atom. The SMILES string of the molecule is COc1ccc(N2C(=O)C(=O)/C(=C(/O)c3cc(Cl)c(OC)c(Cl)c3)C2c2ccccc2)cc1. The number of carbonyl (C=O) groups excluding carboxylic acids is 2. The van der Waals surface area contributed by atoms with E-state index >= 15 is 0 Å². The van der Waals surface area contributed by atoms with Crippen LogP contribution in [0.2, 0.25) is 10.0 Å². The molecule has 1 heterocycles. The molecule has 8 heteroatoms. The highest BCUT2D eigenvalue weighted by atomic mass is 35.5. The van der Waals surface area contributed by atoms with E-state index in [0.29, 0.717) is 17.0 Å². The lowest BCUT2D eigenvalue weighted by Crippen LogP contribution is -2.29. The Bertz CT molecular complexity index is 1230. The number of anilines is 1. The summed E-state index contributed by atoms with van der Waals surface area (Å²) in [5.41, 5.74) is 1.26. The number of aliphatic hydroxyl groups is 1. The summed E-state index contributed by atoms with van der Waals surface area (Å²) >= 11 is 12.5. The highest BCUT2D eigenvalue weighted by Crippen LogP contribution is 2.44. The van der Waals surface area contributed by atoms with Gasteiger partial charge in [0.15, 0.2) is 5.75 Å². The van der Waals surface area contributed by atoms with Gasteiger partial charge in [-0.05, 0) is 42.0 Å². The molecule has 1 unspecified atom stereocenters. The molecular formula is C25H19Cl2NO5. The van der Waals surface area contributed by atoms with Crippen LogP contribution in [0.15, 0.2) is 72.3 Å². The first-order chi connectivity index (χ1) is 15.9. The molecule has 168 valence electrons. The monoisotopic (exact) mass is 483 g/mol. The Balaban J connectivity index is 1.92. The quantitative estimate of drug-likeness (QED) is 0.288. The third-order valence-corrected chi connectivity index (χ3v) is 5.95. The van der Waals surface area contributed by atoms with Crippen LogP contribution in [0.1, 0.15) is 17.2 Å². The summed E-state index contributed by atoms with van der Waals surface area (Å²) in [5, 5.41) is 11.5. The molecule has 1 fully saturated rings. The van der Waals surface area contributed by atoms with Gasteiger partial charge in [-0.3, -0.25) is 14.5 Å². The summed E-state index contributed by atoms with van der Waals surface area (Å²) in [6.45, 7) is 0. The van der Waals surface area contributed by atoms with E-state index in [1.165, 1.54) is 31.3 Å². The maximum atomic E-state index is 13.2. The summed E-state index contributed by atoms with van der Waals surface area (Å²) in [7, 11) is 2.96. The van der Waals surface area contributed by atoms with Gasteiger partial charge >= 0.3 is 0 Å². The molecule has 1 N–H and O–H groups in total. The van der Waals surface area contributed by atoms with Crippen LogP contribution in [0.5, 0.6) is 11.5 Å². The van der Waals surface area contributed by atoms with Crippen molar-refractivity contribution in [1.29, 1.82) is 0 Å². The fourth-order valence-electron chi connectivity index (χ4n) is 3.84. The number of hydrogen-bond donors (Lipinski definition) is 1. The molecule has 1 aliphatic rings. The Morgan fingerprint density at radius 2 is 1.52 bits per heavy atom. The van der Waals surface area contributed by atoms with E-state index < -0.39 is 17.7 Å². The number of methoxy groups -OCH3 is 2. The standard InChI is InChI=1S/C25H19Cl2NO5/c1-32-17-10-8-16(9-11-17)28-21(14-6-4-3-5-7-14)20(23(30)25(28)31)22(29)15-12-18(26)24(33-2)19(27)13-15/h3-13,21,29H,1-2H3/b22-20+. The lowest BCUT2D eigenvalue weighted by molar-refractivity contribution is -0.132. The van der Waals surface area contributed by atoms with Crippen LogP contribution < -0.4 is 14.4 Å². The van der Waals surface area contributed by atoms with Crippen LogP contribution >= 0.6 is 23.2 Å². The van der Waals surface area contributed by atoms with Crippen molar-refractivity contribution in [2.45, 2.75) is 6.04 Å². The van der Waals surface area contributed by atoms with Crippen molar-refractivity contribution in [2.75, 3.05) is 19.1 Å². The van der Waals surface area contributed by atoms with E-state index in [0.717, 1.165) is 0 Å². The van der Waals surface area contributed by atoms with Crippen molar-refractivity contribution in [3.63, 3.8) is 0 Å². The first-order valence-corrected chi connectivity index (χ1v) is 10.7. The van der Waals surface area contributed by atoms with Crippen molar-refractivity contribution in [2.24, 2.45) is 0 Å². The van der Waals surface area contributed by atoms with E-state index in [4.69, 9.17) is 32.7 Å². The second-order valence-corrected chi connectivity index (χ2v) is 8.07. The number of nitrogens with zero attached hydrogens (tertiary/aromatic N) is 1. The molecule has 6 nitrogen and oxygen atoms in total. The zero-order valence-corrected chi connectivity index (χ0v) is 19.2. The number of benzene rings is 3. The average Bonchev–Trinajstić information content (AvgIpc) is 3.09. The summed E-state index contributed by atoms with van der Waals surface area (Å²) in [4.78, 5) is 27.7. The number of amides is 1. The lowest BCUT2D eigenvalue weighted by atomic mass is 9.95. The number of halogens is 2. The Labute approximate surface area is 200 Å². The number of aliphatic hydroxyl groups excluding tert-OH is 1. The van der Waals surface area contributed by atoms with Crippen molar-refractivity contribution in [1.82, 2.24) is 0 Å². The molecule has 3 aromatic rings. The number of carbonyl (C=O) groups is 2. The average molecular weight is 484 g/mol. The highest BCUT2D eigenvalue weighted by molar-refractivity contribution is 6.51. The van der Waals surface area contributed by atoms with Crippen LogP contribution in [0.4, 0.5) is 5.69 Å². The second kappa shape index (κ2) is 9.17. The predicted octanol–water partition coefficient (Wildman–Crippen LogP) is 5.64. The minimum absolute atomic E-state index is 0.0701. The molecular weight excluding hydrogens is 465 g/mol. The van der Waals surface area contributed by atoms with Crippen LogP contribution in [0.25, 0.3) is 5.76 Å². The van der Waals surface area contributed by atoms with Gasteiger partial charge in [-0.25, -0.2) is 0 Å². The van der Waals surface area contributed by atoms with E-state index in [2.05, 4.69) is 0 Å². The van der Waals surface area contributed by atoms with Gasteiger partial charge < -0.3 is 14.6 Å². The Hall–Kier alpha value is -3.48. The maximum Gasteiger partial charge on any atom is 0.300 e. The molecule has 0 bridgehead atoms. The molecule has 1 atom stereocenters. The molecule has 4 rings (SSSR count). The van der Waals surface area contributed by atoms with Gasteiger partial charge in [0.1, 0.15) is 11.5 Å². The zero-order chi connectivity index (χ0) is 23.7. The van der Waals surface area contributed by atoms with Crippen molar-refractivity contribution < 1.29 is 24.2 Å². The molecule has 0 radical (unpaired) electrons. The van der Waals surface area contributed by atoms with Crippen molar-refractivity contribution >= 4 is 46.3 Å². The van der Waals surface area contributed by atoms with Gasteiger partial charge in [0, 0.05) is 11.3 Å². The number of ketones is 1. The van der Waals surface area contributed by atoms with E-state index in [9.17, 15) is 14.7 Å².